The Morgan fingerprint density at radius 3 is 1.82 bits per heavy atom. The van der Waals surface area contributed by atoms with Crippen LogP contribution in [0.5, 0.6) is 0 Å². The molecule has 4 aromatic rings. The number of rotatable bonds is 5. The molecular weight excluding hydrogens is 435 g/mol. The summed E-state index contributed by atoms with van der Waals surface area (Å²) in [5.74, 6) is -0.719. The molecular formula is C26H17F5N2. The second-order valence-corrected chi connectivity index (χ2v) is 7.22. The second-order valence-electron chi connectivity index (χ2n) is 7.22. The average Bonchev–Trinajstić information content (AvgIpc) is 3.21. The number of benzene rings is 3. The summed E-state index contributed by atoms with van der Waals surface area (Å²) in [5, 5.41) is 4.44. The molecule has 0 atom stereocenters. The van der Waals surface area contributed by atoms with Gasteiger partial charge in [0.25, 0.3) is 0 Å². The van der Waals surface area contributed by atoms with E-state index in [1.165, 1.54) is 41.1 Å². The summed E-state index contributed by atoms with van der Waals surface area (Å²) < 4.78 is 67.3. The molecule has 7 heteroatoms. The maximum Gasteiger partial charge on any atom is 0.416 e. The van der Waals surface area contributed by atoms with E-state index in [1.807, 2.05) is 0 Å². The number of halogens is 5. The van der Waals surface area contributed by atoms with Crippen LogP contribution in [0, 0.1) is 11.6 Å². The number of hydrogen-bond acceptors (Lipinski definition) is 1. The van der Waals surface area contributed by atoms with Gasteiger partial charge in [-0.05, 0) is 71.8 Å². The molecule has 0 bridgehead atoms. The Hall–Kier alpha value is -4.00. The summed E-state index contributed by atoms with van der Waals surface area (Å²) >= 11 is 0. The van der Waals surface area contributed by atoms with Gasteiger partial charge in [0.15, 0.2) is 0 Å². The highest BCUT2D eigenvalue weighted by Crippen LogP contribution is 2.30. The largest absolute Gasteiger partial charge is 0.416 e. The molecule has 0 spiro atoms. The van der Waals surface area contributed by atoms with Gasteiger partial charge in [-0.3, -0.25) is 0 Å². The van der Waals surface area contributed by atoms with E-state index in [1.54, 1.807) is 54.6 Å². The summed E-state index contributed by atoms with van der Waals surface area (Å²) in [6.07, 6.45) is 2.33. The van der Waals surface area contributed by atoms with Crippen molar-refractivity contribution in [3.05, 3.63) is 119 Å². The Bertz CT molecular complexity index is 1300. The molecule has 2 nitrogen and oxygen atoms in total. The Balaban J connectivity index is 1.73. The van der Waals surface area contributed by atoms with Gasteiger partial charge in [-0.1, -0.05) is 42.5 Å². The van der Waals surface area contributed by atoms with Crippen LogP contribution in [0.1, 0.15) is 28.1 Å². The molecule has 0 saturated heterocycles. The first-order valence-electron chi connectivity index (χ1n) is 9.93. The number of hydrogen-bond donors (Lipinski definition) is 0. The smallest absolute Gasteiger partial charge is 0.233 e. The van der Waals surface area contributed by atoms with Gasteiger partial charge in [0.05, 0.1) is 22.6 Å². The molecule has 1 heterocycles. The lowest BCUT2D eigenvalue weighted by molar-refractivity contribution is -0.137. The van der Waals surface area contributed by atoms with Crippen LogP contribution in [-0.2, 0) is 6.18 Å². The number of nitrogens with zero attached hydrogens (tertiary/aromatic N) is 2. The van der Waals surface area contributed by atoms with Crippen LogP contribution < -0.4 is 0 Å². The molecule has 3 aromatic carbocycles. The molecule has 0 radical (unpaired) electrons. The molecule has 0 saturated carbocycles. The van der Waals surface area contributed by atoms with Gasteiger partial charge in [-0.25, -0.2) is 13.5 Å². The highest BCUT2D eigenvalue weighted by molar-refractivity contribution is 5.73. The lowest BCUT2D eigenvalue weighted by Gasteiger charge is -2.10. The lowest BCUT2D eigenvalue weighted by atomic mass is 10.1. The maximum atomic E-state index is 13.2. The summed E-state index contributed by atoms with van der Waals surface area (Å²) in [6, 6.07) is 18.3. The van der Waals surface area contributed by atoms with E-state index in [2.05, 4.69) is 5.10 Å². The highest BCUT2D eigenvalue weighted by Gasteiger charge is 2.30. The van der Waals surface area contributed by atoms with Crippen molar-refractivity contribution in [2.45, 2.75) is 6.18 Å². The van der Waals surface area contributed by atoms with Gasteiger partial charge in [-0.2, -0.15) is 18.3 Å². The molecule has 0 aliphatic heterocycles. The van der Waals surface area contributed by atoms with Crippen molar-refractivity contribution in [2.75, 3.05) is 0 Å². The lowest BCUT2D eigenvalue weighted by Crippen LogP contribution is -2.07. The molecule has 4 rings (SSSR count). The molecule has 0 aliphatic carbocycles. The van der Waals surface area contributed by atoms with E-state index >= 15 is 0 Å². The Morgan fingerprint density at radius 1 is 0.667 bits per heavy atom. The number of aromatic nitrogens is 2. The van der Waals surface area contributed by atoms with Crippen LogP contribution >= 0.6 is 0 Å². The van der Waals surface area contributed by atoms with Gasteiger partial charge >= 0.3 is 6.18 Å². The minimum atomic E-state index is -4.49. The van der Waals surface area contributed by atoms with Crippen molar-refractivity contribution < 1.29 is 22.0 Å². The quantitative estimate of drug-likeness (QED) is 0.287. The zero-order valence-corrected chi connectivity index (χ0v) is 17.1. The van der Waals surface area contributed by atoms with Crippen LogP contribution in [-0.4, -0.2) is 9.78 Å². The van der Waals surface area contributed by atoms with Crippen molar-refractivity contribution in [1.82, 2.24) is 9.78 Å². The van der Waals surface area contributed by atoms with Crippen molar-refractivity contribution in [3.8, 4) is 5.69 Å². The van der Waals surface area contributed by atoms with Gasteiger partial charge in [0.1, 0.15) is 11.6 Å². The van der Waals surface area contributed by atoms with Gasteiger partial charge < -0.3 is 0 Å². The summed E-state index contributed by atoms with van der Waals surface area (Å²) in [4.78, 5) is 0. The molecule has 0 amide bonds. The normalized spacial score (nSPS) is 12.2. The third-order valence-electron chi connectivity index (χ3n) is 4.81. The Labute approximate surface area is 186 Å². The molecule has 0 aliphatic rings. The fraction of sp³-hybridized carbons (Fsp3) is 0.0385. The average molecular weight is 452 g/mol. The Kier molecular flexibility index (Phi) is 6.22. The van der Waals surface area contributed by atoms with E-state index in [9.17, 15) is 22.0 Å². The van der Waals surface area contributed by atoms with Gasteiger partial charge in [-0.15, -0.1) is 0 Å². The van der Waals surface area contributed by atoms with Crippen LogP contribution in [0.2, 0.25) is 0 Å². The van der Waals surface area contributed by atoms with Gasteiger partial charge in [0, 0.05) is 0 Å². The highest BCUT2D eigenvalue weighted by atomic mass is 19.4. The first kappa shape index (κ1) is 22.2. The van der Waals surface area contributed by atoms with Gasteiger partial charge in [0.2, 0.25) is 0 Å². The fourth-order valence-electron chi connectivity index (χ4n) is 3.15. The third kappa shape index (κ3) is 5.63. The van der Waals surface area contributed by atoms with E-state index in [0.717, 1.165) is 23.3 Å². The zero-order chi connectivity index (χ0) is 23.4. The summed E-state index contributed by atoms with van der Waals surface area (Å²) in [6.45, 7) is 0. The van der Waals surface area contributed by atoms with E-state index in [0.29, 0.717) is 11.4 Å². The van der Waals surface area contributed by atoms with Crippen LogP contribution in [0.3, 0.4) is 0 Å². The minimum Gasteiger partial charge on any atom is -0.233 e. The number of alkyl halides is 3. The van der Waals surface area contributed by atoms with Crippen molar-refractivity contribution in [2.24, 2.45) is 0 Å². The van der Waals surface area contributed by atoms with Crippen molar-refractivity contribution in [1.29, 1.82) is 0 Å². The van der Waals surface area contributed by atoms with Crippen LogP contribution in [0.4, 0.5) is 22.0 Å². The summed E-state index contributed by atoms with van der Waals surface area (Å²) in [7, 11) is 0. The Morgan fingerprint density at radius 2 is 1.24 bits per heavy atom. The third-order valence-corrected chi connectivity index (χ3v) is 4.81. The first-order chi connectivity index (χ1) is 15.8. The molecule has 0 fully saturated rings. The van der Waals surface area contributed by atoms with E-state index in [4.69, 9.17) is 0 Å². The standard InChI is InChI=1S/C26H17F5N2/c27-21-10-4-18(5-11-21)8-14-23-17-25(15-9-19-6-12-22(28)13-7-19)33(32-23)24-3-1-2-20(16-24)26(29,30)31/h1-17H. The molecule has 0 N–H and O–H groups in total. The van der Waals surface area contributed by atoms with E-state index < -0.39 is 11.7 Å². The zero-order valence-electron chi connectivity index (χ0n) is 17.1. The SMILES string of the molecule is Fc1ccc(C=Cc2cc(C=Cc3ccc(F)cc3)n(-c3cccc(C(F)(F)F)c3)n2)cc1. The molecule has 0 unspecified atom stereocenters. The van der Waals surface area contributed by atoms with Crippen LogP contribution in [0.15, 0.2) is 78.9 Å². The second kappa shape index (κ2) is 9.24. The molecule has 1 aromatic heterocycles. The first-order valence-corrected chi connectivity index (χ1v) is 9.93. The maximum absolute atomic E-state index is 13.2. The minimum absolute atomic E-state index is 0.241. The predicted octanol–water partition coefficient (Wildman–Crippen LogP) is 7.51. The van der Waals surface area contributed by atoms with Crippen molar-refractivity contribution >= 4 is 24.3 Å². The topological polar surface area (TPSA) is 17.8 Å². The monoisotopic (exact) mass is 452 g/mol. The van der Waals surface area contributed by atoms with E-state index in [-0.39, 0.29) is 17.3 Å². The summed E-state index contributed by atoms with van der Waals surface area (Å²) in [5.41, 5.74) is 1.94. The predicted molar refractivity (Wildman–Crippen MR) is 119 cm³/mol. The van der Waals surface area contributed by atoms with Crippen molar-refractivity contribution in [3.63, 3.8) is 0 Å². The molecule has 166 valence electrons. The fourth-order valence-corrected chi connectivity index (χ4v) is 3.15. The molecule has 33 heavy (non-hydrogen) atoms. The van der Waals surface area contributed by atoms with Crippen LogP contribution in [0.25, 0.3) is 30.0 Å².